The minimum absolute atomic E-state index is 0.0208. The fourth-order valence-electron chi connectivity index (χ4n) is 2.28. The summed E-state index contributed by atoms with van der Waals surface area (Å²) in [4.78, 5) is 2.53. The van der Waals surface area contributed by atoms with Gasteiger partial charge in [0.05, 0.1) is 6.07 Å². The van der Waals surface area contributed by atoms with Crippen molar-refractivity contribution in [2.75, 3.05) is 26.2 Å². The first-order valence-corrected chi connectivity index (χ1v) is 7.17. The summed E-state index contributed by atoms with van der Waals surface area (Å²) in [7, 11) is 0. The summed E-state index contributed by atoms with van der Waals surface area (Å²) >= 11 is 0. The van der Waals surface area contributed by atoms with Crippen molar-refractivity contribution >= 4 is 0 Å². The summed E-state index contributed by atoms with van der Waals surface area (Å²) in [6, 6.07) is 2.42. The van der Waals surface area contributed by atoms with Crippen molar-refractivity contribution in [3.63, 3.8) is 0 Å². The lowest BCUT2D eigenvalue weighted by molar-refractivity contribution is 0.238. The van der Waals surface area contributed by atoms with Crippen molar-refractivity contribution < 1.29 is 0 Å². The Hall–Kier alpha value is -0.590. The predicted octanol–water partition coefficient (Wildman–Crippen LogP) is 2.00. The van der Waals surface area contributed by atoms with Crippen LogP contribution in [0.4, 0.5) is 0 Å². The third kappa shape index (κ3) is 5.06. The molecule has 0 aromatic carbocycles. The molecule has 2 aliphatic carbocycles. The Morgan fingerprint density at radius 2 is 1.82 bits per heavy atom. The first-order valence-electron chi connectivity index (χ1n) is 7.17. The van der Waals surface area contributed by atoms with Crippen LogP contribution in [0.3, 0.4) is 0 Å². The molecule has 0 radical (unpaired) electrons. The average molecular weight is 235 g/mol. The molecule has 96 valence electrons. The fraction of sp³-hybridized carbons (Fsp3) is 0.929. The smallest absolute Gasteiger partial charge is 0.108 e. The molecule has 0 spiro atoms. The molecule has 2 rings (SSSR count). The summed E-state index contributed by atoms with van der Waals surface area (Å²) in [5, 5.41) is 12.5. The molecule has 2 aliphatic rings. The van der Waals surface area contributed by atoms with Gasteiger partial charge in [-0.25, -0.2) is 0 Å². The molecule has 2 saturated carbocycles. The van der Waals surface area contributed by atoms with Crippen LogP contribution in [-0.4, -0.2) is 37.1 Å². The zero-order valence-corrected chi connectivity index (χ0v) is 11.0. The van der Waals surface area contributed by atoms with E-state index >= 15 is 0 Å². The second-order valence-corrected chi connectivity index (χ2v) is 5.74. The Morgan fingerprint density at radius 1 is 1.24 bits per heavy atom. The summed E-state index contributed by atoms with van der Waals surface area (Å²) in [5.41, 5.74) is 0. The van der Waals surface area contributed by atoms with Crippen LogP contribution in [0, 0.1) is 23.2 Å². The van der Waals surface area contributed by atoms with E-state index in [1.807, 2.05) is 0 Å². The summed E-state index contributed by atoms with van der Waals surface area (Å²) in [6.07, 6.45) is 6.71. The standard InChI is InChI=1S/C14H25N3/c1-2-7-16-14(8-15)11-17(9-12-3-4-12)10-13-5-6-13/h12-14,16H,2-7,9-11H2,1H3. The second kappa shape index (κ2) is 6.37. The molecule has 2 fully saturated rings. The van der Waals surface area contributed by atoms with Crippen molar-refractivity contribution in [3.8, 4) is 6.07 Å². The van der Waals surface area contributed by atoms with E-state index in [0.717, 1.165) is 31.3 Å². The summed E-state index contributed by atoms with van der Waals surface area (Å²) in [6.45, 7) is 6.47. The van der Waals surface area contributed by atoms with Crippen molar-refractivity contribution in [2.24, 2.45) is 11.8 Å². The molecule has 1 N–H and O–H groups in total. The minimum Gasteiger partial charge on any atom is -0.301 e. The van der Waals surface area contributed by atoms with Gasteiger partial charge in [-0.1, -0.05) is 6.92 Å². The van der Waals surface area contributed by atoms with E-state index in [-0.39, 0.29) is 6.04 Å². The van der Waals surface area contributed by atoms with E-state index in [4.69, 9.17) is 5.26 Å². The highest BCUT2D eigenvalue weighted by atomic mass is 15.2. The highest BCUT2D eigenvalue weighted by molar-refractivity contribution is 4.94. The van der Waals surface area contributed by atoms with Crippen molar-refractivity contribution in [3.05, 3.63) is 0 Å². The maximum Gasteiger partial charge on any atom is 0.108 e. The first-order chi connectivity index (χ1) is 8.31. The molecule has 0 aliphatic heterocycles. The highest BCUT2D eigenvalue weighted by Gasteiger charge is 2.30. The average Bonchev–Trinajstić information content (AvgIpc) is 3.19. The number of hydrogen-bond acceptors (Lipinski definition) is 3. The predicted molar refractivity (Wildman–Crippen MR) is 69.6 cm³/mol. The third-order valence-electron chi connectivity index (χ3n) is 3.66. The van der Waals surface area contributed by atoms with Crippen LogP contribution >= 0.6 is 0 Å². The molecular weight excluding hydrogens is 210 g/mol. The SMILES string of the molecule is CCCNC(C#N)CN(CC1CC1)CC1CC1. The number of nitriles is 1. The maximum atomic E-state index is 9.16. The Morgan fingerprint density at radius 3 is 2.24 bits per heavy atom. The molecule has 17 heavy (non-hydrogen) atoms. The monoisotopic (exact) mass is 235 g/mol. The highest BCUT2D eigenvalue weighted by Crippen LogP contribution is 2.33. The van der Waals surface area contributed by atoms with Crippen molar-refractivity contribution in [2.45, 2.75) is 45.1 Å². The molecule has 3 heteroatoms. The van der Waals surface area contributed by atoms with Gasteiger partial charge in [-0.05, 0) is 50.5 Å². The van der Waals surface area contributed by atoms with E-state index in [1.54, 1.807) is 0 Å². The Balaban J connectivity index is 1.74. The lowest BCUT2D eigenvalue weighted by atomic mass is 10.2. The van der Waals surface area contributed by atoms with Gasteiger partial charge in [0, 0.05) is 19.6 Å². The molecule has 0 aromatic heterocycles. The Labute approximate surface area is 105 Å². The van der Waals surface area contributed by atoms with Crippen LogP contribution in [0.1, 0.15) is 39.0 Å². The van der Waals surface area contributed by atoms with E-state index in [0.29, 0.717) is 0 Å². The van der Waals surface area contributed by atoms with E-state index in [2.05, 4.69) is 23.2 Å². The summed E-state index contributed by atoms with van der Waals surface area (Å²) < 4.78 is 0. The Kier molecular flexibility index (Phi) is 4.82. The number of nitrogens with one attached hydrogen (secondary N) is 1. The van der Waals surface area contributed by atoms with E-state index < -0.39 is 0 Å². The number of nitrogens with zero attached hydrogens (tertiary/aromatic N) is 2. The minimum atomic E-state index is 0.0208. The van der Waals surface area contributed by atoms with Crippen LogP contribution in [0.15, 0.2) is 0 Å². The molecule has 1 unspecified atom stereocenters. The maximum absolute atomic E-state index is 9.16. The van der Waals surface area contributed by atoms with Crippen LogP contribution in [0.2, 0.25) is 0 Å². The second-order valence-electron chi connectivity index (χ2n) is 5.74. The zero-order valence-electron chi connectivity index (χ0n) is 11.0. The zero-order chi connectivity index (χ0) is 12.1. The molecule has 0 saturated heterocycles. The van der Waals surface area contributed by atoms with Crippen LogP contribution in [-0.2, 0) is 0 Å². The molecule has 0 amide bonds. The van der Waals surface area contributed by atoms with E-state index in [9.17, 15) is 0 Å². The molecular formula is C14H25N3. The van der Waals surface area contributed by atoms with E-state index in [1.165, 1.54) is 38.8 Å². The largest absolute Gasteiger partial charge is 0.301 e. The van der Waals surface area contributed by atoms with Crippen molar-refractivity contribution in [1.82, 2.24) is 10.2 Å². The van der Waals surface area contributed by atoms with Gasteiger partial charge in [0.15, 0.2) is 0 Å². The van der Waals surface area contributed by atoms with Crippen molar-refractivity contribution in [1.29, 1.82) is 5.26 Å². The lowest BCUT2D eigenvalue weighted by Gasteiger charge is -2.25. The van der Waals surface area contributed by atoms with Gasteiger partial charge < -0.3 is 10.2 Å². The molecule has 0 bridgehead atoms. The van der Waals surface area contributed by atoms with Gasteiger partial charge in [-0.3, -0.25) is 0 Å². The van der Waals surface area contributed by atoms with Crippen LogP contribution in [0.25, 0.3) is 0 Å². The molecule has 0 aromatic rings. The normalized spacial score (nSPS) is 21.5. The summed E-state index contributed by atoms with van der Waals surface area (Å²) in [5.74, 6) is 1.86. The quantitative estimate of drug-likeness (QED) is 0.664. The van der Waals surface area contributed by atoms with Gasteiger partial charge in [0.25, 0.3) is 0 Å². The van der Waals surface area contributed by atoms with Gasteiger partial charge in [0.1, 0.15) is 6.04 Å². The Bertz CT molecular complexity index is 249. The molecule has 1 atom stereocenters. The van der Waals surface area contributed by atoms with Gasteiger partial charge in [-0.15, -0.1) is 0 Å². The first kappa shape index (κ1) is 12.9. The fourth-order valence-corrected chi connectivity index (χ4v) is 2.28. The molecule has 0 heterocycles. The van der Waals surface area contributed by atoms with Gasteiger partial charge >= 0.3 is 0 Å². The topological polar surface area (TPSA) is 39.1 Å². The van der Waals surface area contributed by atoms with Gasteiger partial charge in [0.2, 0.25) is 0 Å². The molecule has 3 nitrogen and oxygen atoms in total. The number of hydrogen-bond donors (Lipinski definition) is 1. The van der Waals surface area contributed by atoms with Gasteiger partial charge in [-0.2, -0.15) is 5.26 Å². The number of rotatable bonds is 9. The third-order valence-corrected chi connectivity index (χ3v) is 3.66. The lowest BCUT2D eigenvalue weighted by Crippen LogP contribution is -2.42. The van der Waals surface area contributed by atoms with Crippen LogP contribution in [0.5, 0.6) is 0 Å². The van der Waals surface area contributed by atoms with Crippen LogP contribution < -0.4 is 5.32 Å².